The molecule has 102 valence electrons. The zero-order valence-corrected chi connectivity index (χ0v) is 13.6. The van der Waals surface area contributed by atoms with Gasteiger partial charge >= 0.3 is 0 Å². The lowest BCUT2D eigenvalue weighted by molar-refractivity contribution is -0.117. The van der Waals surface area contributed by atoms with Crippen molar-refractivity contribution in [2.24, 2.45) is 5.92 Å². The van der Waals surface area contributed by atoms with Gasteiger partial charge in [-0.1, -0.05) is 22.6 Å². The van der Waals surface area contributed by atoms with Gasteiger partial charge in [0.15, 0.2) is 9.84 Å². The highest BCUT2D eigenvalue weighted by molar-refractivity contribution is 14.1. The van der Waals surface area contributed by atoms with Crippen molar-refractivity contribution in [2.75, 3.05) is 18.2 Å². The van der Waals surface area contributed by atoms with Gasteiger partial charge in [-0.05, 0) is 42.0 Å². The van der Waals surface area contributed by atoms with Crippen molar-refractivity contribution in [3.63, 3.8) is 0 Å². The molecule has 1 aromatic rings. The Morgan fingerprint density at radius 3 is 2.68 bits per heavy atom. The summed E-state index contributed by atoms with van der Waals surface area (Å²) in [5, 5.41) is 0. The molecule has 2 aliphatic rings. The Hall–Kier alpha value is -0.630. The van der Waals surface area contributed by atoms with Crippen molar-refractivity contribution in [3.8, 4) is 0 Å². The molecular weight excluding hydrogens is 377 g/mol. The Kier molecular flexibility index (Phi) is 2.94. The molecule has 19 heavy (non-hydrogen) atoms. The summed E-state index contributed by atoms with van der Waals surface area (Å²) in [6.45, 7) is 0. The molecular formula is C13H14INO3S. The first kappa shape index (κ1) is 13.4. The lowest BCUT2D eigenvalue weighted by Gasteiger charge is -2.20. The van der Waals surface area contributed by atoms with Crippen LogP contribution in [0.4, 0.5) is 5.69 Å². The van der Waals surface area contributed by atoms with Gasteiger partial charge in [0.05, 0.1) is 8.82 Å². The number of amides is 1. The Morgan fingerprint density at radius 2 is 2.05 bits per heavy atom. The van der Waals surface area contributed by atoms with Crippen LogP contribution >= 0.6 is 22.6 Å². The summed E-state index contributed by atoms with van der Waals surface area (Å²) in [6, 6.07) is 5.09. The number of carbonyl (C=O) groups is 1. The molecule has 4 nitrogen and oxygen atoms in total. The van der Waals surface area contributed by atoms with E-state index in [1.165, 1.54) is 6.26 Å². The summed E-state index contributed by atoms with van der Waals surface area (Å²) in [4.78, 5) is 14.2. The lowest BCUT2D eigenvalue weighted by Crippen LogP contribution is -2.33. The second kappa shape index (κ2) is 4.18. The summed E-state index contributed by atoms with van der Waals surface area (Å²) in [6.07, 6.45) is 2.19. The molecule has 1 amide bonds. The van der Waals surface area contributed by atoms with Crippen LogP contribution in [0.2, 0.25) is 0 Å². The van der Waals surface area contributed by atoms with Gasteiger partial charge in [-0.2, -0.15) is 0 Å². The number of halogens is 1. The van der Waals surface area contributed by atoms with Crippen molar-refractivity contribution in [1.29, 1.82) is 0 Å². The SMILES string of the molecule is CN1C(=O)C(I)C2CC2c2cc(S(C)(=O)=O)ccc21. The van der Waals surface area contributed by atoms with E-state index in [0.29, 0.717) is 16.7 Å². The predicted molar refractivity (Wildman–Crippen MR) is 81.6 cm³/mol. The normalized spacial score (nSPS) is 29.5. The van der Waals surface area contributed by atoms with Gasteiger partial charge in [0, 0.05) is 19.0 Å². The first-order chi connectivity index (χ1) is 8.80. The maximum absolute atomic E-state index is 12.2. The van der Waals surface area contributed by atoms with Crippen LogP contribution in [0, 0.1) is 5.92 Å². The molecule has 0 radical (unpaired) electrons. The van der Waals surface area contributed by atoms with E-state index in [1.54, 1.807) is 30.1 Å². The van der Waals surface area contributed by atoms with E-state index in [4.69, 9.17) is 0 Å². The third-order valence-corrected chi connectivity index (χ3v) is 6.54. The molecule has 1 aliphatic carbocycles. The number of nitrogens with zero attached hydrogens (tertiary/aromatic N) is 1. The highest BCUT2D eigenvalue weighted by Gasteiger charge is 2.50. The fourth-order valence-corrected chi connectivity index (χ4v) is 4.62. The maximum Gasteiger partial charge on any atom is 0.239 e. The average Bonchev–Trinajstić information content (AvgIpc) is 3.14. The highest BCUT2D eigenvalue weighted by Crippen LogP contribution is 2.56. The first-order valence-electron chi connectivity index (χ1n) is 6.06. The minimum absolute atomic E-state index is 0.0123. The molecule has 6 heteroatoms. The zero-order chi connectivity index (χ0) is 13.9. The summed E-state index contributed by atoms with van der Waals surface area (Å²) in [5.74, 6) is 0.790. The maximum atomic E-state index is 12.2. The molecule has 1 aromatic carbocycles. The summed E-state index contributed by atoms with van der Waals surface area (Å²) < 4.78 is 23.3. The van der Waals surface area contributed by atoms with Gasteiger partial charge < -0.3 is 4.90 Å². The van der Waals surface area contributed by atoms with Gasteiger partial charge in [-0.25, -0.2) is 8.42 Å². The Labute approximate surface area is 126 Å². The number of anilines is 1. The number of carbonyl (C=O) groups excluding carboxylic acids is 1. The number of hydrogen-bond acceptors (Lipinski definition) is 3. The fourth-order valence-electron chi connectivity index (χ4n) is 2.75. The molecule has 1 heterocycles. The third-order valence-electron chi connectivity index (χ3n) is 3.97. The molecule has 3 atom stereocenters. The number of sulfone groups is 1. The van der Waals surface area contributed by atoms with Crippen LogP contribution in [0.5, 0.6) is 0 Å². The standard InChI is InChI=1S/C13H14INO3S/c1-15-11-4-3-7(19(2,17)18)5-9(11)8-6-10(8)12(14)13(15)16/h3-5,8,10,12H,6H2,1-2H3. The van der Waals surface area contributed by atoms with E-state index in [0.717, 1.165) is 17.7 Å². The van der Waals surface area contributed by atoms with E-state index >= 15 is 0 Å². The monoisotopic (exact) mass is 391 g/mol. The summed E-state index contributed by atoms with van der Waals surface area (Å²) >= 11 is 2.20. The molecule has 1 saturated carbocycles. The van der Waals surface area contributed by atoms with E-state index < -0.39 is 9.84 Å². The number of rotatable bonds is 1. The van der Waals surface area contributed by atoms with Crippen LogP contribution in [-0.4, -0.2) is 31.6 Å². The fraction of sp³-hybridized carbons (Fsp3) is 0.462. The van der Waals surface area contributed by atoms with Crippen LogP contribution in [0.3, 0.4) is 0 Å². The summed E-state index contributed by atoms with van der Waals surface area (Å²) in [7, 11) is -1.44. The van der Waals surface area contributed by atoms with Crippen LogP contribution in [0.15, 0.2) is 23.1 Å². The number of hydrogen-bond donors (Lipinski definition) is 0. The van der Waals surface area contributed by atoms with E-state index in [-0.39, 0.29) is 9.83 Å². The third kappa shape index (κ3) is 2.08. The van der Waals surface area contributed by atoms with Gasteiger partial charge in [-0.3, -0.25) is 4.79 Å². The molecule has 1 aliphatic heterocycles. The number of benzene rings is 1. The zero-order valence-electron chi connectivity index (χ0n) is 10.6. The second-order valence-electron chi connectivity index (χ2n) is 5.30. The minimum atomic E-state index is -3.20. The highest BCUT2D eigenvalue weighted by atomic mass is 127. The Balaban J connectivity index is 2.16. The Bertz CT molecular complexity index is 670. The van der Waals surface area contributed by atoms with E-state index in [2.05, 4.69) is 22.6 Å². The molecule has 3 rings (SSSR count). The van der Waals surface area contributed by atoms with Crippen molar-refractivity contribution in [2.45, 2.75) is 21.2 Å². The van der Waals surface area contributed by atoms with Gasteiger partial charge in [0.2, 0.25) is 5.91 Å². The van der Waals surface area contributed by atoms with Crippen LogP contribution in [0.1, 0.15) is 17.9 Å². The lowest BCUT2D eigenvalue weighted by atomic mass is 10.1. The quantitative estimate of drug-likeness (QED) is 0.544. The first-order valence-corrected chi connectivity index (χ1v) is 9.20. The molecule has 0 spiro atoms. The van der Waals surface area contributed by atoms with Gasteiger partial charge in [0.1, 0.15) is 0 Å². The average molecular weight is 391 g/mol. The minimum Gasteiger partial charge on any atom is -0.314 e. The van der Waals surface area contributed by atoms with Crippen molar-refractivity contribution >= 4 is 44.0 Å². The smallest absolute Gasteiger partial charge is 0.239 e. The molecule has 0 aromatic heterocycles. The topological polar surface area (TPSA) is 54.5 Å². The van der Waals surface area contributed by atoms with Crippen LogP contribution in [-0.2, 0) is 14.6 Å². The molecule has 0 saturated heterocycles. The second-order valence-corrected chi connectivity index (χ2v) is 8.66. The molecule has 1 fully saturated rings. The Morgan fingerprint density at radius 1 is 1.37 bits per heavy atom. The molecule has 0 bridgehead atoms. The van der Waals surface area contributed by atoms with Gasteiger partial charge in [0.25, 0.3) is 0 Å². The van der Waals surface area contributed by atoms with E-state index in [9.17, 15) is 13.2 Å². The van der Waals surface area contributed by atoms with Gasteiger partial charge in [-0.15, -0.1) is 0 Å². The number of alkyl halides is 1. The van der Waals surface area contributed by atoms with Crippen molar-refractivity contribution < 1.29 is 13.2 Å². The predicted octanol–water partition coefficient (Wildman–Crippen LogP) is 1.97. The van der Waals surface area contributed by atoms with E-state index in [1.807, 2.05) is 0 Å². The van der Waals surface area contributed by atoms with Crippen molar-refractivity contribution in [1.82, 2.24) is 0 Å². The molecule has 0 N–H and O–H groups in total. The van der Waals surface area contributed by atoms with Crippen LogP contribution < -0.4 is 4.90 Å². The van der Waals surface area contributed by atoms with Crippen molar-refractivity contribution in [3.05, 3.63) is 23.8 Å². The molecule has 3 unspecified atom stereocenters. The number of fused-ring (bicyclic) bond motifs is 3. The largest absolute Gasteiger partial charge is 0.314 e. The summed E-state index contributed by atoms with van der Waals surface area (Å²) in [5.41, 5.74) is 1.85. The van der Waals surface area contributed by atoms with Crippen LogP contribution in [0.25, 0.3) is 0 Å².